The average Bonchev–Trinajstić information content (AvgIpc) is 3.11. The molecule has 3 aromatic carbocycles. The first-order valence-electron chi connectivity index (χ1n) is 15.2. The fraction of sp³-hybridized carbons (Fsp3) is 0.419. The molecule has 0 atom stereocenters. The van der Waals surface area contributed by atoms with Crippen LogP contribution >= 0.6 is 0 Å². The number of nitrogens with zero attached hydrogens (tertiary/aromatic N) is 2. The maximum Gasteiger partial charge on any atom is 0.635 e. The van der Waals surface area contributed by atoms with Crippen LogP contribution in [0.5, 0.6) is 0 Å². The highest BCUT2D eigenvalue weighted by Crippen LogP contribution is 2.50. The molecule has 0 fully saturated rings. The van der Waals surface area contributed by atoms with E-state index in [0.29, 0.717) is 0 Å². The standard InChI is InChI=1S/C19H2BF15O3.2C6H15N/c21-4-1(5(22)11(28)16(33)10(4)27)19(38-20(36)37,2-6(23)12(29)17(34)13(30)7(2)24)3-8(25)14(31)18(35)15(32)9(3)26;2*1-4-7(5-2)6-3/h36-37H;2*4-6H2,1-3H3. The maximum atomic E-state index is 14.8. The van der Waals surface area contributed by atoms with Crippen molar-refractivity contribution in [2.45, 2.75) is 47.1 Å². The summed E-state index contributed by atoms with van der Waals surface area (Å²) in [6.45, 7) is 20.2. The van der Waals surface area contributed by atoms with E-state index in [1.807, 2.05) is 0 Å². The second-order valence-corrected chi connectivity index (χ2v) is 10.2. The van der Waals surface area contributed by atoms with Gasteiger partial charge in [-0.1, -0.05) is 41.5 Å². The Balaban J connectivity index is 0.000000812. The minimum Gasteiger partial charge on any atom is -0.402 e. The Morgan fingerprint density at radius 1 is 0.365 bits per heavy atom. The van der Waals surface area contributed by atoms with Gasteiger partial charge in [-0.3, -0.25) is 0 Å². The molecule has 0 aliphatic rings. The van der Waals surface area contributed by atoms with Gasteiger partial charge in [0, 0.05) is 0 Å². The molecule has 0 aromatic heterocycles. The van der Waals surface area contributed by atoms with Gasteiger partial charge < -0.3 is 24.5 Å². The van der Waals surface area contributed by atoms with E-state index in [-0.39, 0.29) is 0 Å². The molecule has 292 valence electrons. The van der Waals surface area contributed by atoms with Gasteiger partial charge in [-0.05, 0) is 39.3 Å². The second kappa shape index (κ2) is 19.5. The van der Waals surface area contributed by atoms with Gasteiger partial charge in [-0.15, -0.1) is 0 Å². The molecule has 0 saturated carbocycles. The van der Waals surface area contributed by atoms with E-state index in [9.17, 15) is 75.9 Å². The monoisotopic (exact) mass is 776 g/mol. The number of rotatable bonds is 11. The first-order valence-corrected chi connectivity index (χ1v) is 15.2. The Hall–Kier alpha value is -3.53. The molecule has 0 bridgehead atoms. The van der Waals surface area contributed by atoms with Gasteiger partial charge >= 0.3 is 7.32 Å². The Kier molecular flexibility index (Phi) is 17.5. The van der Waals surface area contributed by atoms with Crippen LogP contribution in [0.4, 0.5) is 65.9 Å². The van der Waals surface area contributed by atoms with Gasteiger partial charge in [0.1, 0.15) is 0 Å². The van der Waals surface area contributed by atoms with E-state index >= 15 is 0 Å². The third kappa shape index (κ3) is 8.98. The molecule has 0 aliphatic heterocycles. The smallest absolute Gasteiger partial charge is 0.402 e. The normalized spacial score (nSPS) is 11.5. The van der Waals surface area contributed by atoms with Crippen molar-refractivity contribution in [2.24, 2.45) is 0 Å². The number of benzene rings is 3. The number of hydrogen-bond donors (Lipinski definition) is 2. The lowest BCUT2D eigenvalue weighted by atomic mass is 9.76. The van der Waals surface area contributed by atoms with Crippen LogP contribution in [0.1, 0.15) is 58.2 Å². The lowest BCUT2D eigenvalue weighted by Crippen LogP contribution is -2.45. The Morgan fingerprint density at radius 2 is 0.519 bits per heavy atom. The largest absolute Gasteiger partial charge is 0.635 e. The summed E-state index contributed by atoms with van der Waals surface area (Å²) < 4.78 is 218. The first kappa shape index (κ1) is 46.5. The van der Waals surface area contributed by atoms with Crippen molar-refractivity contribution in [3.8, 4) is 0 Å². The fourth-order valence-electron chi connectivity index (χ4n) is 4.79. The topological polar surface area (TPSA) is 56.2 Å². The highest BCUT2D eigenvalue weighted by molar-refractivity contribution is 6.33. The van der Waals surface area contributed by atoms with Crippen LogP contribution in [-0.2, 0) is 10.3 Å². The van der Waals surface area contributed by atoms with Crippen LogP contribution in [-0.4, -0.2) is 66.4 Å². The summed E-state index contributed by atoms with van der Waals surface area (Å²) in [5, 5.41) is 18.4. The fourth-order valence-corrected chi connectivity index (χ4v) is 4.79. The molecule has 0 saturated heterocycles. The van der Waals surface area contributed by atoms with E-state index in [1.54, 1.807) is 0 Å². The molecule has 21 heteroatoms. The van der Waals surface area contributed by atoms with Crippen LogP contribution in [0.2, 0.25) is 0 Å². The van der Waals surface area contributed by atoms with Crippen molar-refractivity contribution in [3.63, 3.8) is 0 Å². The summed E-state index contributed by atoms with van der Waals surface area (Å²) in [6.07, 6.45) is 0. The van der Waals surface area contributed by atoms with Crippen LogP contribution in [0.15, 0.2) is 0 Å². The van der Waals surface area contributed by atoms with Crippen LogP contribution < -0.4 is 0 Å². The van der Waals surface area contributed by atoms with Crippen molar-refractivity contribution in [3.05, 3.63) is 104 Å². The predicted octanol–water partition coefficient (Wildman–Crippen LogP) is 7.75. The number of halogens is 15. The summed E-state index contributed by atoms with van der Waals surface area (Å²) in [6, 6.07) is 0. The molecule has 0 spiro atoms. The molecule has 0 amide bonds. The second-order valence-electron chi connectivity index (χ2n) is 10.2. The predicted molar refractivity (Wildman–Crippen MR) is 157 cm³/mol. The third-order valence-electron chi connectivity index (χ3n) is 7.65. The molecule has 0 unspecified atom stereocenters. The van der Waals surface area contributed by atoms with Gasteiger partial charge in [0.2, 0.25) is 17.5 Å². The minimum atomic E-state index is -5.43. The number of hydrogen-bond acceptors (Lipinski definition) is 5. The van der Waals surface area contributed by atoms with Crippen molar-refractivity contribution in [2.75, 3.05) is 39.3 Å². The van der Waals surface area contributed by atoms with E-state index in [0.717, 1.165) is 0 Å². The summed E-state index contributed by atoms with van der Waals surface area (Å²) in [5.41, 5.74) is -15.0. The Bertz CT molecular complexity index is 1430. The molecule has 5 nitrogen and oxygen atoms in total. The lowest BCUT2D eigenvalue weighted by molar-refractivity contribution is 0.0589. The highest BCUT2D eigenvalue weighted by atomic mass is 19.2. The van der Waals surface area contributed by atoms with Gasteiger partial charge in [0.25, 0.3) is 0 Å². The van der Waals surface area contributed by atoms with Gasteiger partial charge in [-0.2, -0.15) is 0 Å². The molecule has 0 radical (unpaired) electrons. The van der Waals surface area contributed by atoms with E-state index in [4.69, 9.17) is 0 Å². The van der Waals surface area contributed by atoms with Crippen molar-refractivity contribution in [1.29, 1.82) is 0 Å². The van der Waals surface area contributed by atoms with Crippen LogP contribution in [0.25, 0.3) is 0 Å². The molecule has 0 heterocycles. The zero-order valence-electron chi connectivity index (χ0n) is 28.2. The molecule has 2 N–H and O–H groups in total. The summed E-state index contributed by atoms with van der Waals surface area (Å²) in [7, 11) is -3.99. The van der Waals surface area contributed by atoms with E-state index in [2.05, 4.69) is 56.0 Å². The molecule has 0 aliphatic carbocycles. The molecular formula is C31H32BF15N2O3. The van der Waals surface area contributed by atoms with Gasteiger partial charge in [-0.25, -0.2) is 65.9 Å². The zero-order chi connectivity index (χ0) is 40.6. The lowest BCUT2D eigenvalue weighted by Gasteiger charge is -2.37. The molecule has 52 heavy (non-hydrogen) atoms. The quantitative estimate of drug-likeness (QED) is 0.0687. The average molecular weight is 776 g/mol. The van der Waals surface area contributed by atoms with Crippen LogP contribution in [0, 0.1) is 87.3 Å². The Morgan fingerprint density at radius 3 is 0.635 bits per heavy atom. The van der Waals surface area contributed by atoms with Crippen molar-refractivity contribution < 1.29 is 80.6 Å². The maximum absolute atomic E-state index is 14.8. The SMILES string of the molecule is CCN(CC)CC.CCN(CC)CC.OB(O)OC(c1c(F)c(F)c(F)c(F)c1F)(c1c(F)c(F)c(F)c(F)c1F)c1c(F)c(F)c(F)c(F)c1F. The Labute approximate surface area is 288 Å². The molecule has 3 rings (SSSR count). The summed E-state index contributed by atoms with van der Waals surface area (Å²) >= 11 is 0. The molecule has 3 aromatic rings. The van der Waals surface area contributed by atoms with Gasteiger partial charge in [0.15, 0.2) is 75.4 Å². The van der Waals surface area contributed by atoms with Crippen LogP contribution in [0.3, 0.4) is 0 Å². The highest BCUT2D eigenvalue weighted by Gasteiger charge is 2.56. The summed E-state index contributed by atoms with van der Waals surface area (Å²) in [4.78, 5) is 4.75. The summed E-state index contributed by atoms with van der Waals surface area (Å²) in [5.74, 6) is -49.2. The van der Waals surface area contributed by atoms with E-state index < -0.39 is 117 Å². The third-order valence-corrected chi connectivity index (χ3v) is 7.65. The minimum absolute atomic E-state index is 1.19. The van der Waals surface area contributed by atoms with Gasteiger partial charge in [0.05, 0.1) is 16.7 Å². The first-order chi connectivity index (χ1) is 24.1. The van der Waals surface area contributed by atoms with E-state index in [1.165, 1.54) is 39.3 Å². The zero-order valence-corrected chi connectivity index (χ0v) is 28.2. The van der Waals surface area contributed by atoms with Crippen molar-refractivity contribution in [1.82, 2.24) is 9.80 Å². The van der Waals surface area contributed by atoms with Crippen molar-refractivity contribution >= 4 is 7.32 Å². The molecular weight excluding hydrogens is 744 g/mol.